The minimum absolute atomic E-state index is 0.201. The number of hydrogen-bond donors (Lipinski definition) is 2. The lowest BCUT2D eigenvalue weighted by Crippen LogP contribution is -2.39. The van der Waals surface area contributed by atoms with Crippen molar-refractivity contribution in [1.82, 2.24) is 14.9 Å². The molecule has 0 spiro atoms. The number of morpholine rings is 1. The van der Waals surface area contributed by atoms with E-state index in [-0.39, 0.29) is 12.3 Å². The highest BCUT2D eigenvalue weighted by molar-refractivity contribution is 6.07. The third-order valence-corrected chi connectivity index (χ3v) is 4.37. The average Bonchev–Trinajstić information content (AvgIpc) is 2.75. The first-order valence-electron chi connectivity index (χ1n) is 9.62. The molecule has 1 fully saturated rings. The Bertz CT molecular complexity index is 839. The van der Waals surface area contributed by atoms with Crippen molar-refractivity contribution in [3.8, 4) is 0 Å². The van der Waals surface area contributed by atoms with Gasteiger partial charge in [0.2, 0.25) is 5.95 Å². The number of nitrogens with zero attached hydrogens (tertiary/aromatic N) is 3. The lowest BCUT2D eigenvalue weighted by molar-refractivity contribution is 0.0398. The molecule has 1 saturated heterocycles. The molecule has 0 atom stereocenters. The zero-order valence-electron chi connectivity index (χ0n) is 16.4. The number of carbonyl (C=O) groups excluding carboxylic acids is 2. The highest BCUT2D eigenvalue weighted by atomic mass is 16.5. The van der Waals surface area contributed by atoms with Crippen molar-refractivity contribution in [2.24, 2.45) is 0 Å². The van der Waals surface area contributed by atoms with Crippen LogP contribution in [0.15, 0.2) is 36.5 Å². The Hall–Kier alpha value is -3.04. The molecule has 29 heavy (non-hydrogen) atoms. The van der Waals surface area contributed by atoms with E-state index in [0.29, 0.717) is 23.7 Å². The topological polar surface area (TPSA) is 106 Å². The summed E-state index contributed by atoms with van der Waals surface area (Å²) in [4.78, 5) is 35.4. The zero-order chi connectivity index (χ0) is 20.5. The molecule has 0 aliphatic carbocycles. The van der Waals surface area contributed by atoms with E-state index in [0.717, 1.165) is 32.8 Å². The van der Waals surface area contributed by atoms with Gasteiger partial charge in [-0.2, -0.15) is 0 Å². The second kappa shape index (κ2) is 10.5. The van der Waals surface area contributed by atoms with E-state index in [4.69, 9.17) is 9.47 Å². The fourth-order valence-corrected chi connectivity index (χ4v) is 2.89. The normalized spacial score (nSPS) is 14.2. The van der Waals surface area contributed by atoms with Crippen LogP contribution in [0.3, 0.4) is 0 Å². The van der Waals surface area contributed by atoms with Crippen LogP contribution in [-0.2, 0) is 9.47 Å². The predicted molar refractivity (Wildman–Crippen MR) is 108 cm³/mol. The molecular formula is C20H25N5O4. The summed E-state index contributed by atoms with van der Waals surface area (Å²) in [5, 5.41) is 5.86. The van der Waals surface area contributed by atoms with Crippen LogP contribution in [0.2, 0.25) is 0 Å². The van der Waals surface area contributed by atoms with Gasteiger partial charge >= 0.3 is 5.97 Å². The van der Waals surface area contributed by atoms with Crippen molar-refractivity contribution in [2.45, 2.75) is 6.92 Å². The van der Waals surface area contributed by atoms with E-state index in [1.807, 2.05) is 0 Å². The summed E-state index contributed by atoms with van der Waals surface area (Å²) in [7, 11) is 0. The van der Waals surface area contributed by atoms with Crippen molar-refractivity contribution in [3.63, 3.8) is 0 Å². The standard InChI is InChI=1S/C20H25N5O4/c1-2-29-19(27)15-5-3-4-6-16(15)23-18(26)17-7-8-21-20(24-17)22-9-10-25-11-13-28-14-12-25/h3-8H,2,9-14H2,1H3,(H,23,26)(H,21,22,24). The second-order valence-corrected chi connectivity index (χ2v) is 6.37. The van der Waals surface area contributed by atoms with E-state index < -0.39 is 11.9 Å². The Morgan fingerprint density at radius 2 is 2.00 bits per heavy atom. The number of esters is 1. The van der Waals surface area contributed by atoms with Gasteiger partial charge in [-0.1, -0.05) is 12.1 Å². The second-order valence-electron chi connectivity index (χ2n) is 6.37. The van der Waals surface area contributed by atoms with Gasteiger partial charge in [0, 0.05) is 32.4 Å². The number of rotatable bonds is 8. The van der Waals surface area contributed by atoms with Crippen LogP contribution in [0.25, 0.3) is 0 Å². The molecule has 2 N–H and O–H groups in total. The smallest absolute Gasteiger partial charge is 0.340 e. The molecule has 1 aromatic carbocycles. The third kappa shape index (κ3) is 5.97. The van der Waals surface area contributed by atoms with Gasteiger partial charge in [-0.25, -0.2) is 14.8 Å². The summed E-state index contributed by atoms with van der Waals surface area (Å²) >= 11 is 0. The van der Waals surface area contributed by atoms with Crippen LogP contribution < -0.4 is 10.6 Å². The van der Waals surface area contributed by atoms with Crippen LogP contribution in [-0.4, -0.2) is 72.7 Å². The van der Waals surface area contributed by atoms with Crippen molar-refractivity contribution in [3.05, 3.63) is 47.8 Å². The summed E-state index contributed by atoms with van der Waals surface area (Å²) in [6.45, 7) is 6.81. The van der Waals surface area contributed by atoms with Crippen molar-refractivity contribution >= 4 is 23.5 Å². The molecule has 1 amide bonds. The molecule has 9 heteroatoms. The summed E-state index contributed by atoms with van der Waals surface area (Å²) in [6.07, 6.45) is 1.52. The van der Waals surface area contributed by atoms with Crippen molar-refractivity contribution < 1.29 is 19.1 Å². The van der Waals surface area contributed by atoms with Gasteiger partial charge in [-0.05, 0) is 25.1 Å². The zero-order valence-corrected chi connectivity index (χ0v) is 16.4. The van der Waals surface area contributed by atoms with E-state index in [9.17, 15) is 9.59 Å². The SMILES string of the molecule is CCOC(=O)c1ccccc1NC(=O)c1ccnc(NCCN2CCOCC2)n1. The Balaban J connectivity index is 1.60. The monoisotopic (exact) mass is 399 g/mol. The van der Waals surface area contributed by atoms with E-state index in [1.165, 1.54) is 12.3 Å². The number of anilines is 2. The molecular weight excluding hydrogens is 374 g/mol. The quantitative estimate of drug-likeness (QED) is 0.646. The molecule has 0 unspecified atom stereocenters. The van der Waals surface area contributed by atoms with Gasteiger partial charge < -0.3 is 20.1 Å². The minimum Gasteiger partial charge on any atom is -0.462 e. The fraction of sp³-hybridized carbons (Fsp3) is 0.400. The van der Waals surface area contributed by atoms with Gasteiger partial charge in [0.15, 0.2) is 0 Å². The first kappa shape index (κ1) is 20.7. The maximum atomic E-state index is 12.6. The van der Waals surface area contributed by atoms with Gasteiger partial charge in [0.25, 0.3) is 5.91 Å². The number of ether oxygens (including phenoxy) is 2. The largest absolute Gasteiger partial charge is 0.462 e. The maximum Gasteiger partial charge on any atom is 0.340 e. The van der Waals surface area contributed by atoms with Gasteiger partial charge in [-0.15, -0.1) is 0 Å². The molecule has 2 aromatic rings. The van der Waals surface area contributed by atoms with Gasteiger partial charge in [-0.3, -0.25) is 9.69 Å². The number of aromatic nitrogens is 2. The summed E-state index contributed by atoms with van der Waals surface area (Å²) in [6, 6.07) is 8.22. The summed E-state index contributed by atoms with van der Waals surface area (Å²) < 4.78 is 10.4. The summed E-state index contributed by atoms with van der Waals surface area (Å²) in [5.41, 5.74) is 0.865. The first-order chi connectivity index (χ1) is 14.2. The highest BCUT2D eigenvalue weighted by Gasteiger charge is 2.16. The van der Waals surface area contributed by atoms with E-state index >= 15 is 0 Å². The molecule has 3 rings (SSSR count). The Labute approximate surface area is 169 Å². The molecule has 1 aliphatic heterocycles. The average molecular weight is 399 g/mol. The van der Waals surface area contributed by atoms with Crippen LogP contribution in [0, 0.1) is 0 Å². The molecule has 9 nitrogen and oxygen atoms in total. The number of amides is 1. The van der Waals surface area contributed by atoms with Gasteiger partial charge in [0.1, 0.15) is 5.69 Å². The molecule has 154 valence electrons. The fourth-order valence-electron chi connectivity index (χ4n) is 2.89. The van der Waals surface area contributed by atoms with Crippen LogP contribution in [0.1, 0.15) is 27.8 Å². The number of benzene rings is 1. The molecule has 1 aromatic heterocycles. The van der Waals surface area contributed by atoms with Crippen LogP contribution in [0.4, 0.5) is 11.6 Å². The molecule has 0 bridgehead atoms. The molecule has 0 saturated carbocycles. The predicted octanol–water partition coefficient (Wildman–Crippen LogP) is 1.65. The number of hydrogen-bond acceptors (Lipinski definition) is 8. The molecule has 1 aliphatic rings. The highest BCUT2D eigenvalue weighted by Crippen LogP contribution is 2.17. The van der Waals surface area contributed by atoms with Crippen LogP contribution in [0.5, 0.6) is 0 Å². The van der Waals surface area contributed by atoms with E-state index in [1.54, 1.807) is 31.2 Å². The minimum atomic E-state index is -0.489. The van der Waals surface area contributed by atoms with E-state index in [2.05, 4.69) is 25.5 Å². The summed E-state index contributed by atoms with van der Waals surface area (Å²) in [5.74, 6) is -0.540. The van der Waals surface area contributed by atoms with Crippen LogP contribution >= 0.6 is 0 Å². The Morgan fingerprint density at radius 3 is 2.79 bits per heavy atom. The lowest BCUT2D eigenvalue weighted by Gasteiger charge is -2.26. The maximum absolute atomic E-state index is 12.6. The molecule has 0 radical (unpaired) electrons. The van der Waals surface area contributed by atoms with Gasteiger partial charge in [0.05, 0.1) is 31.1 Å². The Morgan fingerprint density at radius 1 is 1.21 bits per heavy atom. The number of nitrogens with one attached hydrogen (secondary N) is 2. The van der Waals surface area contributed by atoms with Crippen molar-refractivity contribution in [2.75, 3.05) is 56.6 Å². The number of para-hydroxylation sites is 1. The third-order valence-electron chi connectivity index (χ3n) is 4.37. The first-order valence-corrected chi connectivity index (χ1v) is 9.62. The lowest BCUT2D eigenvalue weighted by atomic mass is 10.1. The Kier molecular flexibility index (Phi) is 7.48. The van der Waals surface area contributed by atoms with Crippen molar-refractivity contribution in [1.29, 1.82) is 0 Å². The number of carbonyl (C=O) groups is 2. The molecule has 2 heterocycles.